The Labute approximate surface area is 171 Å². The minimum Gasteiger partial charge on any atom is -0.308 e. The smallest absolute Gasteiger partial charge is 0.308 e. The second kappa shape index (κ2) is 8.03. The molecule has 4 rings (SSSR count). The Morgan fingerprint density at radius 3 is 2.50 bits per heavy atom. The highest BCUT2D eigenvalue weighted by atomic mass is 19.1. The van der Waals surface area contributed by atoms with Crippen LogP contribution in [0.25, 0.3) is 0 Å². The summed E-state index contributed by atoms with van der Waals surface area (Å²) in [7, 11) is 0. The minimum atomic E-state index is -0.725. The summed E-state index contributed by atoms with van der Waals surface area (Å²) < 4.78 is 12.9. The molecule has 1 fully saturated rings. The van der Waals surface area contributed by atoms with Crippen molar-refractivity contribution in [2.45, 2.75) is 32.0 Å². The first-order chi connectivity index (χ1) is 14.4. The normalized spacial score (nSPS) is 18.5. The average molecular weight is 410 g/mol. The van der Waals surface area contributed by atoms with E-state index in [2.05, 4.69) is 16.0 Å². The summed E-state index contributed by atoms with van der Waals surface area (Å²) in [4.78, 5) is 49.9. The molecule has 0 saturated carbocycles. The van der Waals surface area contributed by atoms with Crippen molar-refractivity contribution in [3.8, 4) is 0 Å². The van der Waals surface area contributed by atoms with E-state index in [1.165, 1.54) is 24.3 Å². The maximum atomic E-state index is 12.9. The fraction of sp³-hybridized carbons (Fsp3) is 0.238. The number of nitrogens with one attached hydrogen (secondary N) is 3. The summed E-state index contributed by atoms with van der Waals surface area (Å²) in [5.74, 6) is -1.56. The first-order valence-corrected chi connectivity index (χ1v) is 9.46. The van der Waals surface area contributed by atoms with Crippen LogP contribution in [0.3, 0.4) is 0 Å². The van der Waals surface area contributed by atoms with Gasteiger partial charge < -0.3 is 5.32 Å². The molecule has 3 N–H and O–H groups in total. The van der Waals surface area contributed by atoms with E-state index in [0.717, 1.165) is 11.1 Å². The van der Waals surface area contributed by atoms with Gasteiger partial charge in [0, 0.05) is 30.8 Å². The van der Waals surface area contributed by atoms with Crippen molar-refractivity contribution >= 4 is 29.4 Å². The molecule has 1 atom stereocenters. The number of nitrogens with zero attached hydrogens (tertiary/aromatic N) is 1. The van der Waals surface area contributed by atoms with Crippen molar-refractivity contribution in [2.75, 3.05) is 5.32 Å². The molecule has 8 nitrogen and oxygen atoms in total. The van der Waals surface area contributed by atoms with E-state index in [-0.39, 0.29) is 17.9 Å². The number of hydrogen-bond donors (Lipinski definition) is 3. The largest absolute Gasteiger partial charge is 0.326 e. The molecule has 30 heavy (non-hydrogen) atoms. The zero-order valence-electron chi connectivity index (χ0n) is 15.9. The molecule has 5 amide bonds. The predicted octanol–water partition coefficient (Wildman–Crippen LogP) is 1.91. The van der Waals surface area contributed by atoms with Gasteiger partial charge in [-0.2, -0.15) is 0 Å². The van der Waals surface area contributed by atoms with Gasteiger partial charge in [-0.15, -0.1) is 0 Å². The van der Waals surface area contributed by atoms with E-state index in [9.17, 15) is 23.6 Å². The number of piperidine rings is 1. The average Bonchev–Trinajstić information content (AvgIpc) is 3.12. The molecule has 2 heterocycles. The van der Waals surface area contributed by atoms with E-state index in [1.807, 2.05) is 4.90 Å². The van der Waals surface area contributed by atoms with Crippen LogP contribution in [0.4, 0.5) is 14.9 Å². The fourth-order valence-electron chi connectivity index (χ4n) is 3.68. The molecular formula is C21H19FN4O4. The number of hydrogen-bond acceptors (Lipinski definition) is 5. The van der Waals surface area contributed by atoms with Gasteiger partial charge in [0.1, 0.15) is 5.82 Å². The first-order valence-electron chi connectivity index (χ1n) is 9.46. The van der Waals surface area contributed by atoms with Gasteiger partial charge in [0.25, 0.3) is 5.91 Å². The van der Waals surface area contributed by atoms with Crippen LogP contribution in [0.2, 0.25) is 0 Å². The standard InChI is InChI=1S/C21H19FN4O4/c22-15-3-5-16(6-4-15)23-21(30)25-19(28)12-1-2-13-10-26(11-14(13)9-12)17-7-8-18(27)24-20(17)29/h1-6,9,17H,7-8,10-11H2,(H,24,27,29)(H2,23,25,28,30). The lowest BCUT2D eigenvalue weighted by atomic mass is 10.0. The molecule has 0 aromatic heterocycles. The number of rotatable bonds is 3. The Bertz CT molecular complexity index is 1040. The van der Waals surface area contributed by atoms with Crippen molar-refractivity contribution in [1.29, 1.82) is 0 Å². The zero-order valence-corrected chi connectivity index (χ0v) is 15.9. The van der Waals surface area contributed by atoms with Crippen LogP contribution < -0.4 is 16.0 Å². The number of benzene rings is 2. The second-order valence-corrected chi connectivity index (χ2v) is 7.27. The van der Waals surface area contributed by atoms with Gasteiger partial charge in [-0.1, -0.05) is 6.07 Å². The maximum absolute atomic E-state index is 12.9. The maximum Gasteiger partial charge on any atom is 0.326 e. The first kappa shape index (κ1) is 19.7. The number of carbonyl (C=O) groups is 4. The van der Waals surface area contributed by atoms with E-state index in [4.69, 9.17) is 0 Å². The highest BCUT2D eigenvalue weighted by Gasteiger charge is 2.34. The number of anilines is 1. The number of halogens is 1. The lowest BCUT2D eigenvalue weighted by Crippen LogP contribution is -2.50. The lowest BCUT2D eigenvalue weighted by Gasteiger charge is -2.29. The van der Waals surface area contributed by atoms with Gasteiger partial charge in [0.05, 0.1) is 6.04 Å². The summed E-state index contributed by atoms with van der Waals surface area (Å²) in [6, 6.07) is 9.18. The monoisotopic (exact) mass is 410 g/mol. The van der Waals surface area contributed by atoms with Crippen LogP contribution in [0.5, 0.6) is 0 Å². The van der Waals surface area contributed by atoms with Crippen molar-refractivity contribution in [2.24, 2.45) is 0 Å². The van der Waals surface area contributed by atoms with E-state index >= 15 is 0 Å². The molecule has 2 aromatic carbocycles. The summed E-state index contributed by atoms with van der Waals surface area (Å²) in [5.41, 5.74) is 2.56. The number of amides is 5. The zero-order chi connectivity index (χ0) is 21.3. The third-order valence-corrected chi connectivity index (χ3v) is 5.20. The molecule has 2 aliphatic heterocycles. The van der Waals surface area contributed by atoms with E-state index < -0.39 is 17.8 Å². The molecule has 2 aromatic rings. The molecule has 0 radical (unpaired) electrons. The summed E-state index contributed by atoms with van der Waals surface area (Å²) in [5, 5.41) is 7.06. The van der Waals surface area contributed by atoms with Crippen molar-refractivity contribution in [3.63, 3.8) is 0 Å². The van der Waals surface area contributed by atoms with Crippen LogP contribution in [0, 0.1) is 5.82 Å². The Morgan fingerprint density at radius 1 is 1.03 bits per heavy atom. The molecule has 9 heteroatoms. The van der Waals surface area contributed by atoms with Gasteiger partial charge in [-0.3, -0.25) is 29.9 Å². The van der Waals surface area contributed by atoms with Crippen LogP contribution in [-0.2, 0) is 22.7 Å². The van der Waals surface area contributed by atoms with Crippen molar-refractivity contribution in [1.82, 2.24) is 15.5 Å². The van der Waals surface area contributed by atoms with Gasteiger partial charge in [0.15, 0.2) is 0 Å². The number of carbonyl (C=O) groups excluding carboxylic acids is 4. The van der Waals surface area contributed by atoms with E-state index in [0.29, 0.717) is 37.2 Å². The van der Waals surface area contributed by atoms with Crippen molar-refractivity contribution in [3.05, 3.63) is 65.0 Å². The SMILES string of the molecule is O=C1CCC(N2Cc3ccc(C(=O)NC(=O)Nc4ccc(F)cc4)cc3C2)C(=O)N1. The van der Waals surface area contributed by atoms with Gasteiger partial charge in [-0.05, 0) is 53.9 Å². The third kappa shape index (κ3) is 4.20. The molecule has 0 spiro atoms. The Hall–Kier alpha value is -3.59. The Balaban J connectivity index is 1.38. The molecule has 2 aliphatic rings. The number of imide groups is 2. The lowest BCUT2D eigenvalue weighted by molar-refractivity contribution is -0.137. The minimum absolute atomic E-state index is 0.258. The second-order valence-electron chi connectivity index (χ2n) is 7.27. The molecular weight excluding hydrogens is 391 g/mol. The summed E-state index contributed by atoms with van der Waals surface area (Å²) >= 11 is 0. The summed E-state index contributed by atoms with van der Waals surface area (Å²) in [6.45, 7) is 1.03. The number of fused-ring (bicyclic) bond motifs is 1. The van der Waals surface area contributed by atoms with Crippen LogP contribution in [0.1, 0.15) is 34.3 Å². The van der Waals surface area contributed by atoms with Crippen molar-refractivity contribution < 1.29 is 23.6 Å². The Kier molecular flexibility index (Phi) is 5.28. The quantitative estimate of drug-likeness (QED) is 0.670. The molecule has 1 unspecified atom stereocenters. The third-order valence-electron chi connectivity index (χ3n) is 5.20. The van der Waals surface area contributed by atoms with Gasteiger partial charge in [-0.25, -0.2) is 9.18 Å². The highest BCUT2D eigenvalue weighted by molar-refractivity contribution is 6.08. The molecule has 154 valence electrons. The van der Waals surface area contributed by atoms with Crippen LogP contribution in [0.15, 0.2) is 42.5 Å². The fourth-order valence-corrected chi connectivity index (χ4v) is 3.68. The van der Waals surface area contributed by atoms with Crippen LogP contribution in [-0.4, -0.2) is 34.7 Å². The molecule has 0 bridgehead atoms. The van der Waals surface area contributed by atoms with Crippen LogP contribution >= 0.6 is 0 Å². The molecule has 1 saturated heterocycles. The summed E-state index contributed by atoms with van der Waals surface area (Å²) in [6.07, 6.45) is 0.773. The predicted molar refractivity (Wildman–Crippen MR) is 105 cm³/mol. The molecule has 0 aliphatic carbocycles. The Morgan fingerprint density at radius 2 is 1.77 bits per heavy atom. The number of urea groups is 1. The van der Waals surface area contributed by atoms with Gasteiger partial charge in [0.2, 0.25) is 11.8 Å². The van der Waals surface area contributed by atoms with Gasteiger partial charge >= 0.3 is 6.03 Å². The van der Waals surface area contributed by atoms with E-state index in [1.54, 1.807) is 18.2 Å². The topological polar surface area (TPSA) is 108 Å². The highest BCUT2D eigenvalue weighted by Crippen LogP contribution is 2.28.